The molecule has 0 aliphatic carbocycles. The van der Waals surface area contributed by atoms with Gasteiger partial charge in [0.2, 0.25) is 5.91 Å². The van der Waals surface area contributed by atoms with Crippen LogP contribution in [0.5, 0.6) is 0 Å². The number of alkyl halides is 3. The highest BCUT2D eigenvalue weighted by molar-refractivity contribution is 6.04. The number of carboxylic acids is 1. The number of hydrogen-bond donors (Lipinski definition) is 3. The number of pyridine rings is 1. The zero-order valence-electron chi connectivity index (χ0n) is 20.9. The van der Waals surface area contributed by atoms with Crippen LogP contribution in [0.25, 0.3) is 5.69 Å². The summed E-state index contributed by atoms with van der Waals surface area (Å²) < 4.78 is 33.4. The quantitative estimate of drug-likeness (QED) is 0.318. The Balaban J connectivity index is 0.000000532. The lowest BCUT2D eigenvalue weighted by atomic mass is 10.1. The summed E-state index contributed by atoms with van der Waals surface area (Å²) in [7, 11) is 0. The summed E-state index contributed by atoms with van der Waals surface area (Å²) in [5.74, 6) is -2.64. The maximum absolute atomic E-state index is 12.6. The molecule has 0 saturated heterocycles. The summed E-state index contributed by atoms with van der Waals surface area (Å²) in [6.45, 7) is 3.86. The Hall–Kier alpha value is -5.00. The highest BCUT2D eigenvalue weighted by Gasteiger charge is 2.38. The van der Waals surface area contributed by atoms with Gasteiger partial charge in [-0.1, -0.05) is 42.0 Å². The maximum Gasteiger partial charge on any atom is 0.490 e. The largest absolute Gasteiger partial charge is 0.490 e. The van der Waals surface area contributed by atoms with Crippen LogP contribution in [-0.4, -0.2) is 43.8 Å². The smallest absolute Gasteiger partial charge is 0.475 e. The third-order valence-corrected chi connectivity index (χ3v) is 5.06. The van der Waals surface area contributed by atoms with Gasteiger partial charge < -0.3 is 15.7 Å². The first-order valence-corrected chi connectivity index (χ1v) is 11.5. The lowest BCUT2D eigenvalue weighted by molar-refractivity contribution is -0.192. The van der Waals surface area contributed by atoms with Crippen molar-refractivity contribution in [2.45, 2.75) is 26.4 Å². The molecule has 0 spiro atoms. The van der Waals surface area contributed by atoms with E-state index in [1.165, 1.54) is 0 Å². The molecule has 2 aromatic heterocycles. The molecule has 12 heteroatoms. The Morgan fingerprint density at radius 1 is 0.949 bits per heavy atom. The van der Waals surface area contributed by atoms with E-state index in [0.717, 1.165) is 16.8 Å². The molecule has 9 nitrogen and oxygen atoms in total. The third-order valence-electron chi connectivity index (χ3n) is 5.06. The zero-order valence-corrected chi connectivity index (χ0v) is 20.9. The van der Waals surface area contributed by atoms with E-state index in [-0.39, 0.29) is 18.2 Å². The Bertz CT molecular complexity index is 1480. The molecule has 0 fully saturated rings. The predicted octanol–water partition coefficient (Wildman–Crippen LogP) is 4.95. The third kappa shape index (κ3) is 8.81. The number of aromatic nitrogens is 3. The van der Waals surface area contributed by atoms with Gasteiger partial charge in [-0.25, -0.2) is 14.5 Å². The number of aliphatic carboxylic acids is 1. The lowest BCUT2D eigenvalue weighted by Gasteiger charge is -2.07. The number of rotatable bonds is 6. The summed E-state index contributed by atoms with van der Waals surface area (Å²) in [6, 6.07) is 20.4. The SMILES string of the molecule is Cc1cccc(CC(=O)Nc2cnn(-c3cccc(C(=O)Nc4cccc(C)n4)c3)c2)c1.O=C(O)C(F)(F)F. The fraction of sp³-hybridized carbons (Fsp3) is 0.148. The summed E-state index contributed by atoms with van der Waals surface area (Å²) in [5.41, 5.74) is 4.66. The van der Waals surface area contributed by atoms with Gasteiger partial charge in [0.05, 0.1) is 30.2 Å². The Labute approximate surface area is 221 Å². The first kappa shape index (κ1) is 28.6. The van der Waals surface area contributed by atoms with Gasteiger partial charge >= 0.3 is 12.1 Å². The van der Waals surface area contributed by atoms with Crippen molar-refractivity contribution >= 4 is 29.3 Å². The Morgan fingerprint density at radius 2 is 1.64 bits per heavy atom. The molecule has 0 atom stereocenters. The number of anilines is 2. The first-order chi connectivity index (χ1) is 18.4. The van der Waals surface area contributed by atoms with Gasteiger partial charge in [0.15, 0.2) is 0 Å². The summed E-state index contributed by atoms with van der Waals surface area (Å²) in [4.78, 5) is 38.2. The van der Waals surface area contributed by atoms with E-state index in [1.807, 2.05) is 56.3 Å². The van der Waals surface area contributed by atoms with E-state index < -0.39 is 12.1 Å². The van der Waals surface area contributed by atoms with Gasteiger partial charge in [-0.2, -0.15) is 18.3 Å². The maximum atomic E-state index is 12.6. The summed E-state index contributed by atoms with van der Waals surface area (Å²) in [5, 5.41) is 17.1. The normalized spacial score (nSPS) is 10.7. The molecule has 2 heterocycles. The number of benzene rings is 2. The molecule has 0 saturated carbocycles. The number of nitrogens with zero attached hydrogens (tertiary/aromatic N) is 3. The van der Waals surface area contributed by atoms with Crippen molar-refractivity contribution < 1.29 is 32.7 Å². The van der Waals surface area contributed by atoms with Crippen LogP contribution in [0.4, 0.5) is 24.7 Å². The van der Waals surface area contributed by atoms with Crippen molar-refractivity contribution in [3.8, 4) is 5.69 Å². The number of aryl methyl sites for hydroxylation is 2. The first-order valence-electron chi connectivity index (χ1n) is 11.5. The minimum absolute atomic E-state index is 0.117. The topological polar surface area (TPSA) is 126 Å². The summed E-state index contributed by atoms with van der Waals surface area (Å²) >= 11 is 0. The molecule has 0 aliphatic heterocycles. The number of halogens is 3. The van der Waals surface area contributed by atoms with E-state index >= 15 is 0 Å². The molecule has 202 valence electrons. The van der Waals surface area contributed by atoms with Crippen LogP contribution >= 0.6 is 0 Å². The van der Waals surface area contributed by atoms with Crippen LogP contribution < -0.4 is 10.6 Å². The number of amides is 2. The average Bonchev–Trinajstić information content (AvgIpc) is 3.32. The monoisotopic (exact) mass is 539 g/mol. The van der Waals surface area contributed by atoms with Gasteiger partial charge in [-0.3, -0.25) is 9.59 Å². The molecule has 3 N–H and O–H groups in total. The van der Waals surface area contributed by atoms with Crippen LogP contribution in [0, 0.1) is 13.8 Å². The number of carbonyl (C=O) groups is 3. The number of carbonyl (C=O) groups excluding carboxylic acids is 2. The standard InChI is InChI=1S/C25H23N5O2.C2HF3O2/c1-17-6-3-8-19(12-17)13-24(31)28-21-15-26-30(16-21)22-10-5-9-20(14-22)25(32)29-23-11-4-7-18(2)27-23;3-2(4,5)1(6)7/h3-12,14-16H,13H2,1-2H3,(H,28,31)(H,27,29,32);(H,6,7). The molecule has 4 aromatic rings. The van der Waals surface area contributed by atoms with E-state index in [4.69, 9.17) is 9.90 Å². The lowest BCUT2D eigenvalue weighted by Crippen LogP contribution is -2.21. The molecule has 0 unspecified atom stereocenters. The number of hydrogen-bond acceptors (Lipinski definition) is 5. The summed E-state index contributed by atoms with van der Waals surface area (Å²) in [6.07, 6.45) is -1.50. The van der Waals surface area contributed by atoms with Crippen molar-refractivity contribution in [2.75, 3.05) is 10.6 Å². The van der Waals surface area contributed by atoms with Crippen LogP contribution in [0.3, 0.4) is 0 Å². The van der Waals surface area contributed by atoms with E-state index in [0.29, 0.717) is 22.8 Å². The van der Waals surface area contributed by atoms with Crippen molar-refractivity contribution in [3.63, 3.8) is 0 Å². The molecule has 4 rings (SSSR count). The van der Waals surface area contributed by atoms with Crippen molar-refractivity contribution in [2.24, 2.45) is 0 Å². The van der Waals surface area contributed by atoms with Crippen LogP contribution in [-0.2, 0) is 16.0 Å². The average molecular weight is 540 g/mol. The van der Waals surface area contributed by atoms with Crippen LogP contribution in [0.2, 0.25) is 0 Å². The second-order valence-electron chi connectivity index (χ2n) is 8.36. The predicted molar refractivity (Wildman–Crippen MR) is 138 cm³/mol. The number of carboxylic acid groups (broad SMARTS) is 1. The Morgan fingerprint density at radius 3 is 2.31 bits per heavy atom. The van der Waals surface area contributed by atoms with E-state index in [1.54, 1.807) is 41.3 Å². The van der Waals surface area contributed by atoms with Crippen molar-refractivity contribution in [3.05, 3.63) is 102 Å². The molecule has 0 bridgehead atoms. The molecule has 2 aromatic carbocycles. The minimum Gasteiger partial charge on any atom is -0.475 e. The Kier molecular flexibility index (Phi) is 9.15. The fourth-order valence-electron chi connectivity index (χ4n) is 3.33. The molecule has 0 aliphatic rings. The van der Waals surface area contributed by atoms with Crippen molar-refractivity contribution in [1.29, 1.82) is 0 Å². The highest BCUT2D eigenvalue weighted by Crippen LogP contribution is 2.16. The highest BCUT2D eigenvalue weighted by atomic mass is 19.4. The molecule has 0 radical (unpaired) electrons. The van der Waals surface area contributed by atoms with Gasteiger partial charge in [0.1, 0.15) is 5.82 Å². The molecule has 2 amide bonds. The van der Waals surface area contributed by atoms with Gasteiger partial charge in [0, 0.05) is 11.3 Å². The molecule has 39 heavy (non-hydrogen) atoms. The van der Waals surface area contributed by atoms with Crippen LogP contribution in [0.1, 0.15) is 27.2 Å². The second kappa shape index (κ2) is 12.5. The minimum atomic E-state index is -5.08. The fourth-order valence-corrected chi connectivity index (χ4v) is 3.33. The van der Waals surface area contributed by atoms with Gasteiger partial charge in [-0.15, -0.1) is 0 Å². The second-order valence-corrected chi connectivity index (χ2v) is 8.36. The van der Waals surface area contributed by atoms with Crippen LogP contribution in [0.15, 0.2) is 79.1 Å². The van der Waals surface area contributed by atoms with E-state index in [9.17, 15) is 22.8 Å². The molecular formula is C27H24F3N5O4. The van der Waals surface area contributed by atoms with Crippen molar-refractivity contribution in [1.82, 2.24) is 14.8 Å². The van der Waals surface area contributed by atoms with E-state index in [2.05, 4.69) is 20.7 Å². The zero-order chi connectivity index (χ0) is 28.6. The number of nitrogens with one attached hydrogen (secondary N) is 2. The van der Waals surface area contributed by atoms with Gasteiger partial charge in [-0.05, 0) is 49.7 Å². The molecular weight excluding hydrogens is 515 g/mol. The van der Waals surface area contributed by atoms with Gasteiger partial charge in [0.25, 0.3) is 5.91 Å².